The number of nitrogens with two attached hydrogens (primary N) is 1. The first-order valence-corrected chi connectivity index (χ1v) is 13.1. The number of rotatable bonds is 5. The maximum absolute atomic E-state index is 11.7. The minimum Gasteiger partial charge on any atom is -0.454 e. The van der Waals surface area contributed by atoms with Gasteiger partial charge in [-0.25, -0.2) is 10.1 Å². The van der Waals surface area contributed by atoms with Gasteiger partial charge in [0, 0.05) is 22.2 Å². The fourth-order valence-corrected chi connectivity index (χ4v) is 6.65. The van der Waals surface area contributed by atoms with Crippen LogP contribution in [0.15, 0.2) is 36.4 Å². The number of nitrogens with one attached hydrogen (secondary N) is 2. The van der Waals surface area contributed by atoms with Crippen LogP contribution in [0.25, 0.3) is 22.6 Å². The highest BCUT2D eigenvalue weighted by Crippen LogP contribution is 2.54. The van der Waals surface area contributed by atoms with Crippen LogP contribution >= 0.6 is 0 Å². The average Bonchev–Trinajstić information content (AvgIpc) is 3.46. The van der Waals surface area contributed by atoms with Crippen LogP contribution in [0.1, 0.15) is 50.0 Å². The number of benzene rings is 1. The Kier molecular flexibility index (Phi) is 4.78. The number of imidazole rings is 1. The quantitative estimate of drug-likeness (QED) is 0.512. The van der Waals surface area contributed by atoms with Gasteiger partial charge in [-0.05, 0) is 75.8 Å². The first kappa shape index (κ1) is 21.6. The molecule has 2 aromatic heterocycles. The fraction of sp³-hybridized carbons (Fsp3) is 0.417. The number of pyridine rings is 1. The van der Waals surface area contributed by atoms with E-state index in [4.69, 9.17) is 24.6 Å². The molecule has 4 N–H and O–H groups in total. The molecule has 0 spiro atoms. The van der Waals surface area contributed by atoms with Crippen LogP contribution in [0.3, 0.4) is 0 Å². The Morgan fingerprint density at radius 3 is 2.44 bits per heavy atom. The second-order valence-electron chi connectivity index (χ2n) is 9.75. The molecular weight excluding hydrogens is 454 g/mol. The summed E-state index contributed by atoms with van der Waals surface area (Å²) in [5, 5.41) is 5.31. The van der Waals surface area contributed by atoms with Crippen molar-refractivity contribution >= 4 is 10.2 Å². The molecule has 2 bridgehead atoms. The molecule has 34 heavy (non-hydrogen) atoms. The number of aryl methyl sites for hydroxylation is 1. The largest absolute Gasteiger partial charge is 0.454 e. The summed E-state index contributed by atoms with van der Waals surface area (Å²) >= 11 is 0. The van der Waals surface area contributed by atoms with E-state index in [2.05, 4.69) is 9.71 Å². The maximum atomic E-state index is 11.7. The molecule has 9 nitrogen and oxygen atoms in total. The zero-order valence-electron chi connectivity index (χ0n) is 18.9. The van der Waals surface area contributed by atoms with Crippen LogP contribution in [0.2, 0.25) is 0 Å². The van der Waals surface area contributed by atoms with Gasteiger partial charge >= 0.3 is 0 Å². The molecule has 3 heterocycles. The van der Waals surface area contributed by atoms with E-state index in [1.807, 2.05) is 43.3 Å². The molecule has 4 aliphatic rings. The average molecular weight is 482 g/mol. The first-order chi connectivity index (χ1) is 16.2. The van der Waals surface area contributed by atoms with Crippen molar-refractivity contribution in [2.75, 3.05) is 6.79 Å². The van der Waals surface area contributed by atoms with Gasteiger partial charge in [0.1, 0.15) is 11.5 Å². The second-order valence-corrected chi connectivity index (χ2v) is 11.0. The summed E-state index contributed by atoms with van der Waals surface area (Å²) < 4.78 is 37.2. The van der Waals surface area contributed by atoms with E-state index in [1.54, 1.807) is 0 Å². The maximum Gasteiger partial charge on any atom is 0.274 e. The van der Waals surface area contributed by atoms with Crippen molar-refractivity contribution < 1.29 is 17.9 Å². The van der Waals surface area contributed by atoms with E-state index in [0.29, 0.717) is 5.75 Å². The third-order valence-electron chi connectivity index (χ3n) is 7.60. The van der Waals surface area contributed by atoms with E-state index in [-0.39, 0.29) is 12.2 Å². The number of fused-ring (bicyclic) bond motifs is 4. The van der Waals surface area contributed by atoms with Crippen molar-refractivity contribution in [3.05, 3.63) is 47.9 Å². The summed E-state index contributed by atoms with van der Waals surface area (Å²) in [6.45, 7) is 2.19. The molecule has 1 aromatic carbocycles. The van der Waals surface area contributed by atoms with Gasteiger partial charge < -0.3 is 14.5 Å². The molecule has 3 fully saturated rings. The molecule has 3 aromatic rings. The van der Waals surface area contributed by atoms with Gasteiger partial charge in [0.05, 0.1) is 11.4 Å². The van der Waals surface area contributed by atoms with Crippen LogP contribution in [0, 0.1) is 6.92 Å². The normalized spacial score (nSPS) is 25.6. The Balaban J connectivity index is 1.41. The van der Waals surface area contributed by atoms with Crippen LogP contribution in [-0.4, -0.2) is 35.7 Å². The lowest BCUT2D eigenvalue weighted by molar-refractivity contribution is 0.0894. The molecule has 0 atom stereocenters. The smallest absolute Gasteiger partial charge is 0.274 e. The summed E-state index contributed by atoms with van der Waals surface area (Å²) in [4.78, 5) is 13.5. The Morgan fingerprint density at radius 2 is 1.74 bits per heavy atom. The van der Waals surface area contributed by atoms with Crippen LogP contribution in [-0.2, 0) is 15.6 Å². The Labute approximate surface area is 198 Å². The van der Waals surface area contributed by atoms with E-state index in [0.717, 1.165) is 78.4 Å². The van der Waals surface area contributed by atoms with Crippen molar-refractivity contribution in [3.8, 4) is 34.1 Å². The highest BCUT2D eigenvalue weighted by atomic mass is 32.2. The molecular formula is C24H27N5O4S. The van der Waals surface area contributed by atoms with Crippen LogP contribution in [0.5, 0.6) is 11.5 Å². The topological polar surface area (TPSA) is 132 Å². The summed E-state index contributed by atoms with van der Waals surface area (Å²) in [5.74, 6) is 2.38. The van der Waals surface area contributed by atoms with E-state index >= 15 is 0 Å². The van der Waals surface area contributed by atoms with E-state index in [1.165, 1.54) is 0 Å². The molecule has 1 aliphatic heterocycles. The highest BCUT2D eigenvalue weighted by molar-refractivity contribution is 7.87. The molecule has 0 saturated heterocycles. The van der Waals surface area contributed by atoms with Crippen molar-refractivity contribution in [2.45, 2.75) is 56.4 Å². The van der Waals surface area contributed by atoms with Gasteiger partial charge in [0.2, 0.25) is 6.79 Å². The summed E-state index contributed by atoms with van der Waals surface area (Å²) in [5.41, 5.74) is 3.81. The van der Waals surface area contributed by atoms with Gasteiger partial charge in [0.25, 0.3) is 10.2 Å². The SMILES string of the molecule is Cc1cccc(-c2nc(C34CCC(NS(N)(=O)=O)(CC3)CC4)[nH]c2-c2ccc3c(c2)OCO3)n1. The van der Waals surface area contributed by atoms with Crippen molar-refractivity contribution in [2.24, 2.45) is 5.14 Å². The highest BCUT2D eigenvalue weighted by Gasteiger charge is 2.52. The number of ether oxygens (including phenoxy) is 2. The molecule has 7 rings (SSSR count). The molecule has 178 valence electrons. The number of hydrogen-bond donors (Lipinski definition) is 3. The number of nitrogens with zero attached hydrogens (tertiary/aromatic N) is 2. The lowest BCUT2D eigenvalue weighted by Crippen LogP contribution is -2.59. The minimum atomic E-state index is -3.74. The van der Waals surface area contributed by atoms with Gasteiger partial charge in [-0.15, -0.1) is 0 Å². The number of H-pyrrole nitrogens is 1. The number of hydrogen-bond acceptors (Lipinski definition) is 6. The Bertz CT molecular complexity index is 1360. The van der Waals surface area contributed by atoms with Gasteiger partial charge in [-0.3, -0.25) is 4.98 Å². The van der Waals surface area contributed by atoms with Crippen molar-refractivity contribution in [1.29, 1.82) is 0 Å². The van der Waals surface area contributed by atoms with Gasteiger partial charge in [0.15, 0.2) is 11.5 Å². The predicted octanol–water partition coefficient (Wildman–Crippen LogP) is 3.31. The standard InChI is InChI=1S/C24H27N5O4S/c1-15-3-2-4-17(26-15)21-20(16-5-6-18-19(13-16)33-14-32-18)27-22(28-21)23-7-10-24(11-8-23,12-9-23)29-34(25,30)31/h2-6,13,29H,7-12,14H2,1H3,(H,27,28)(H2,25,30,31). The van der Waals surface area contributed by atoms with Crippen molar-refractivity contribution in [3.63, 3.8) is 0 Å². The zero-order chi connectivity index (χ0) is 23.6. The fourth-order valence-electron chi connectivity index (χ4n) is 5.74. The predicted molar refractivity (Wildman–Crippen MR) is 126 cm³/mol. The third-order valence-corrected chi connectivity index (χ3v) is 8.32. The molecule has 0 amide bonds. The minimum absolute atomic E-state index is 0.130. The molecule has 10 heteroatoms. The monoisotopic (exact) mass is 481 g/mol. The number of aromatic nitrogens is 3. The molecule has 3 saturated carbocycles. The number of aromatic amines is 1. The zero-order valence-corrected chi connectivity index (χ0v) is 19.7. The van der Waals surface area contributed by atoms with Gasteiger partial charge in [-0.2, -0.15) is 13.1 Å². The molecule has 0 radical (unpaired) electrons. The van der Waals surface area contributed by atoms with Crippen LogP contribution < -0.4 is 19.3 Å². The van der Waals surface area contributed by atoms with Crippen molar-refractivity contribution in [1.82, 2.24) is 19.7 Å². The third kappa shape index (κ3) is 3.66. The van der Waals surface area contributed by atoms with Crippen LogP contribution in [0.4, 0.5) is 0 Å². The second kappa shape index (κ2) is 7.53. The Hall–Kier alpha value is -2.95. The first-order valence-electron chi connectivity index (χ1n) is 11.5. The molecule has 3 aliphatic carbocycles. The van der Waals surface area contributed by atoms with E-state index < -0.39 is 15.7 Å². The lowest BCUT2D eigenvalue weighted by atomic mass is 9.57. The molecule has 0 unspecified atom stereocenters. The van der Waals surface area contributed by atoms with Gasteiger partial charge in [-0.1, -0.05) is 6.07 Å². The summed E-state index contributed by atoms with van der Waals surface area (Å²) in [6.07, 6.45) is 4.73. The van der Waals surface area contributed by atoms with E-state index in [9.17, 15) is 8.42 Å². The lowest BCUT2D eigenvalue weighted by Gasteiger charge is -2.52. The summed E-state index contributed by atoms with van der Waals surface area (Å²) in [6, 6.07) is 11.8. The summed E-state index contributed by atoms with van der Waals surface area (Å²) in [7, 11) is -3.74. The Morgan fingerprint density at radius 1 is 1.00 bits per heavy atom.